The van der Waals surface area contributed by atoms with Crippen LogP contribution in [0.15, 0.2) is 65.7 Å². The fraction of sp³-hybridized carbons (Fsp3) is 0.393. The van der Waals surface area contributed by atoms with Gasteiger partial charge in [0, 0.05) is 17.2 Å². The zero-order chi connectivity index (χ0) is 21.7. The van der Waals surface area contributed by atoms with Gasteiger partial charge in [0.1, 0.15) is 11.5 Å². The quantitative estimate of drug-likeness (QED) is 0.208. The molecule has 3 heteroatoms. The highest BCUT2D eigenvalue weighted by Crippen LogP contribution is 2.29. The Labute approximate surface area is 187 Å². The summed E-state index contributed by atoms with van der Waals surface area (Å²) in [5.74, 6) is 1.83. The lowest BCUT2D eigenvalue weighted by atomic mass is 10.0. The number of hydrogen-bond donors (Lipinski definition) is 0. The minimum absolute atomic E-state index is 0.669. The van der Waals surface area contributed by atoms with Crippen molar-refractivity contribution in [1.82, 2.24) is 0 Å². The Hall–Kier alpha value is -2.81. The van der Waals surface area contributed by atoms with Crippen LogP contribution in [0.3, 0.4) is 0 Å². The van der Waals surface area contributed by atoms with E-state index in [0.717, 1.165) is 46.6 Å². The highest BCUT2D eigenvalue weighted by Gasteiger charge is 2.06. The predicted octanol–water partition coefficient (Wildman–Crippen LogP) is 8.12. The van der Waals surface area contributed by atoms with Gasteiger partial charge in [-0.3, -0.25) is 4.99 Å². The van der Waals surface area contributed by atoms with Gasteiger partial charge in [0.05, 0.1) is 18.9 Å². The van der Waals surface area contributed by atoms with Gasteiger partial charge in [-0.05, 0) is 55.1 Å². The van der Waals surface area contributed by atoms with Crippen molar-refractivity contribution >= 4 is 22.7 Å². The Kier molecular flexibility index (Phi) is 9.43. The molecule has 3 rings (SSSR count). The molecule has 0 radical (unpaired) electrons. The van der Waals surface area contributed by atoms with Crippen LogP contribution in [0.5, 0.6) is 11.5 Å². The van der Waals surface area contributed by atoms with Gasteiger partial charge in [-0.2, -0.15) is 0 Å². The third-order valence-electron chi connectivity index (χ3n) is 5.42. The van der Waals surface area contributed by atoms with Crippen molar-refractivity contribution < 1.29 is 9.47 Å². The van der Waals surface area contributed by atoms with Gasteiger partial charge in [-0.25, -0.2) is 0 Å². The van der Waals surface area contributed by atoms with Crippen LogP contribution >= 0.6 is 0 Å². The second-order valence-corrected chi connectivity index (χ2v) is 7.85. The van der Waals surface area contributed by atoms with E-state index in [1.54, 1.807) is 0 Å². The molecule has 0 N–H and O–H groups in total. The summed E-state index contributed by atoms with van der Waals surface area (Å²) in [4.78, 5) is 4.65. The number of ether oxygens (including phenoxy) is 2. The van der Waals surface area contributed by atoms with E-state index in [1.165, 1.54) is 38.5 Å². The van der Waals surface area contributed by atoms with Crippen LogP contribution < -0.4 is 9.47 Å². The number of hydrogen-bond acceptors (Lipinski definition) is 3. The van der Waals surface area contributed by atoms with E-state index in [2.05, 4.69) is 48.3 Å². The van der Waals surface area contributed by atoms with Crippen molar-refractivity contribution in [3.63, 3.8) is 0 Å². The molecule has 0 bridgehead atoms. The molecule has 0 spiro atoms. The second-order valence-electron chi connectivity index (χ2n) is 7.85. The van der Waals surface area contributed by atoms with Crippen molar-refractivity contribution in [2.75, 3.05) is 13.2 Å². The Bertz CT molecular complexity index is 947. The molecule has 0 heterocycles. The van der Waals surface area contributed by atoms with E-state index >= 15 is 0 Å². The van der Waals surface area contributed by atoms with Crippen LogP contribution in [0.4, 0.5) is 5.69 Å². The maximum atomic E-state index is 6.14. The predicted molar refractivity (Wildman–Crippen MR) is 132 cm³/mol. The van der Waals surface area contributed by atoms with Crippen molar-refractivity contribution in [2.45, 2.75) is 58.8 Å². The molecule has 0 saturated carbocycles. The molecule has 0 aliphatic carbocycles. The van der Waals surface area contributed by atoms with Gasteiger partial charge in [0.25, 0.3) is 0 Å². The van der Waals surface area contributed by atoms with Crippen molar-refractivity contribution in [3.05, 3.63) is 66.2 Å². The highest BCUT2D eigenvalue weighted by molar-refractivity contribution is 6.02. The largest absolute Gasteiger partial charge is 0.494 e. The molecule has 0 aromatic heterocycles. The fourth-order valence-corrected chi connectivity index (χ4v) is 3.71. The van der Waals surface area contributed by atoms with Crippen LogP contribution in [0, 0.1) is 0 Å². The summed E-state index contributed by atoms with van der Waals surface area (Å²) in [5.41, 5.74) is 2.00. The van der Waals surface area contributed by atoms with Crippen LogP contribution in [-0.2, 0) is 0 Å². The number of aliphatic imine (C=N–C) groups is 1. The van der Waals surface area contributed by atoms with E-state index in [4.69, 9.17) is 9.47 Å². The summed E-state index contributed by atoms with van der Waals surface area (Å²) >= 11 is 0. The zero-order valence-electron chi connectivity index (χ0n) is 19.0. The van der Waals surface area contributed by atoms with Crippen LogP contribution in [0.25, 0.3) is 10.8 Å². The normalized spacial score (nSPS) is 11.3. The summed E-state index contributed by atoms with van der Waals surface area (Å²) < 4.78 is 11.6. The van der Waals surface area contributed by atoms with Gasteiger partial charge >= 0.3 is 0 Å². The molecule has 3 nitrogen and oxygen atoms in total. The summed E-state index contributed by atoms with van der Waals surface area (Å²) in [6.45, 7) is 5.69. The molecular weight excluding hydrogens is 382 g/mol. The molecule has 31 heavy (non-hydrogen) atoms. The Morgan fingerprint density at radius 1 is 0.710 bits per heavy atom. The molecule has 0 unspecified atom stereocenters. The average molecular weight is 418 g/mol. The first-order chi connectivity index (χ1) is 15.3. The number of rotatable bonds is 13. The molecule has 0 saturated heterocycles. The van der Waals surface area contributed by atoms with Crippen LogP contribution in [0.2, 0.25) is 0 Å². The first-order valence-corrected chi connectivity index (χ1v) is 11.7. The molecular formula is C28H35NO2. The van der Waals surface area contributed by atoms with Crippen LogP contribution in [-0.4, -0.2) is 19.4 Å². The fourth-order valence-electron chi connectivity index (χ4n) is 3.71. The molecule has 0 atom stereocenters. The summed E-state index contributed by atoms with van der Waals surface area (Å²) in [7, 11) is 0. The van der Waals surface area contributed by atoms with E-state index in [0.29, 0.717) is 6.61 Å². The molecule has 164 valence electrons. The number of nitrogens with zero attached hydrogens (tertiary/aromatic N) is 1. The standard InChI is InChI=1S/C28H35NO2/c1-3-5-6-7-8-9-12-21-31-28-20-15-23(26-13-10-11-14-27(26)28)22-29-24-16-18-25(19-17-24)30-4-2/h10-11,13-20,22H,3-9,12,21H2,1-2H3. The van der Waals surface area contributed by atoms with Gasteiger partial charge in [-0.1, -0.05) is 69.7 Å². The first kappa shape index (κ1) is 22.9. The minimum atomic E-state index is 0.669. The number of fused-ring (bicyclic) bond motifs is 1. The average Bonchev–Trinajstić information content (AvgIpc) is 2.81. The first-order valence-electron chi connectivity index (χ1n) is 11.7. The van der Waals surface area contributed by atoms with Crippen molar-refractivity contribution in [2.24, 2.45) is 4.99 Å². The van der Waals surface area contributed by atoms with Gasteiger partial charge in [0.2, 0.25) is 0 Å². The van der Waals surface area contributed by atoms with Gasteiger partial charge < -0.3 is 9.47 Å². The maximum Gasteiger partial charge on any atom is 0.127 e. The van der Waals surface area contributed by atoms with E-state index in [9.17, 15) is 0 Å². The van der Waals surface area contributed by atoms with E-state index in [1.807, 2.05) is 37.4 Å². The van der Waals surface area contributed by atoms with E-state index < -0.39 is 0 Å². The maximum absolute atomic E-state index is 6.14. The Morgan fingerprint density at radius 2 is 1.42 bits per heavy atom. The third-order valence-corrected chi connectivity index (χ3v) is 5.42. The molecule has 3 aromatic carbocycles. The minimum Gasteiger partial charge on any atom is -0.494 e. The molecule has 0 amide bonds. The molecule has 3 aromatic rings. The number of benzene rings is 3. The zero-order valence-corrected chi connectivity index (χ0v) is 19.0. The van der Waals surface area contributed by atoms with Crippen LogP contribution in [0.1, 0.15) is 64.4 Å². The summed E-state index contributed by atoms with van der Waals surface area (Å²) in [5, 5.41) is 2.30. The third kappa shape index (κ3) is 7.13. The van der Waals surface area contributed by atoms with E-state index in [-0.39, 0.29) is 0 Å². The smallest absolute Gasteiger partial charge is 0.127 e. The SMILES string of the molecule is CCCCCCCCCOc1ccc(C=Nc2ccc(OCC)cc2)c2ccccc12. The topological polar surface area (TPSA) is 30.8 Å². The molecule has 0 fully saturated rings. The highest BCUT2D eigenvalue weighted by atomic mass is 16.5. The lowest BCUT2D eigenvalue weighted by Crippen LogP contribution is -1.99. The summed E-state index contributed by atoms with van der Waals surface area (Å²) in [6.07, 6.45) is 11.0. The van der Waals surface area contributed by atoms with Gasteiger partial charge in [0.15, 0.2) is 0 Å². The van der Waals surface area contributed by atoms with Crippen molar-refractivity contribution in [3.8, 4) is 11.5 Å². The molecule has 0 aliphatic rings. The molecule has 0 aliphatic heterocycles. The summed E-state index contributed by atoms with van der Waals surface area (Å²) in [6, 6.07) is 20.4. The number of unbranched alkanes of at least 4 members (excludes halogenated alkanes) is 6. The Morgan fingerprint density at radius 3 is 2.16 bits per heavy atom. The second kappa shape index (κ2) is 12.8. The van der Waals surface area contributed by atoms with Gasteiger partial charge in [-0.15, -0.1) is 0 Å². The monoisotopic (exact) mass is 417 g/mol. The Balaban J connectivity index is 1.61. The van der Waals surface area contributed by atoms with Crippen molar-refractivity contribution in [1.29, 1.82) is 0 Å². The lowest BCUT2D eigenvalue weighted by Gasteiger charge is -2.11. The lowest BCUT2D eigenvalue weighted by molar-refractivity contribution is 0.307.